The highest BCUT2D eigenvalue weighted by Crippen LogP contribution is 2.26. The maximum absolute atomic E-state index is 12.2. The molecule has 0 aliphatic carbocycles. The number of ether oxygens (including phenoxy) is 1. The van der Waals surface area contributed by atoms with Crippen molar-refractivity contribution in [1.82, 2.24) is 14.2 Å². The van der Waals surface area contributed by atoms with E-state index in [1.54, 1.807) is 19.9 Å². The Kier molecular flexibility index (Phi) is 4.44. The molecule has 3 aromatic heterocycles. The lowest BCUT2D eigenvalue weighted by Crippen LogP contribution is -2.13. The number of carbonyl (C=O) groups excluding carboxylic acids is 2. The minimum atomic E-state index is -0.414. The molecule has 3 aromatic rings. The summed E-state index contributed by atoms with van der Waals surface area (Å²) in [5, 5.41) is 4.50. The lowest BCUT2D eigenvalue weighted by atomic mass is 10.0. The van der Waals surface area contributed by atoms with Gasteiger partial charge in [-0.15, -0.1) is 0 Å². The Morgan fingerprint density at radius 1 is 1.24 bits per heavy atom. The number of hydrogen-bond acceptors (Lipinski definition) is 4. The van der Waals surface area contributed by atoms with Gasteiger partial charge in [-0.3, -0.25) is 9.48 Å². The van der Waals surface area contributed by atoms with Gasteiger partial charge in [0.2, 0.25) is 0 Å². The standard InChI is InChI=1S/C19H21N3O3/c1-5-21-8-7-17(20-21)14-9-15-10-16(19(24)25-6-2)12(3)18(13(4)23)22(15)11-14/h7-11H,5-6H2,1-4H3. The van der Waals surface area contributed by atoms with Crippen LogP contribution in [0.4, 0.5) is 0 Å². The smallest absolute Gasteiger partial charge is 0.338 e. The van der Waals surface area contributed by atoms with Gasteiger partial charge >= 0.3 is 5.97 Å². The van der Waals surface area contributed by atoms with Crippen molar-refractivity contribution in [3.63, 3.8) is 0 Å². The summed E-state index contributed by atoms with van der Waals surface area (Å²) in [4.78, 5) is 24.5. The van der Waals surface area contributed by atoms with Gasteiger partial charge in [0.1, 0.15) is 0 Å². The molecule has 0 aromatic carbocycles. The van der Waals surface area contributed by atoms with Crippen molar-refractivity contribution in [1.29, 1.82) is 0 Å². The molecule has 0 N–H and O–H groups in total. The summed E-state index contributed by atoms with van der Waals surface area (Å²) >= 11 is 0. The maximum Gasteiger partial charge on any atom is 0.338 e. The van der Waals surface area contributed by atoms with E-state index in [0.29, 0.717) is 23.4 Å². The quantitative estimate of drug-likeness (QED) is 0.527. The third-order valence-corrected chi connectivity index (χ3v) is 4.23. The van der Waals surface area contributed by atoms with Crippen LogP contribution >= 0.6 is 0 Å². The summed E-state index contributed by atoms with van der Waals surface area (Å²) in [6.07, 6.45) is 3.80. The molecular weight excluding hydrogens is 318 g/mol. The van der Waals surface area contributed by atoms with Gasteiger partial charge < -0.3 is 9.14 Å². The molecule has 3 rings (SSSR count). The summed E-state index contributed by atoms with van der Waals surface area (Å²) < 4.78 is 8.79. The second-order valence-corrected chi connectivity index (χ2v) is 5.89. The molecule has 0 saturated heterocycles. The number of pyridine rings is 1. The SMILES string of the molecule is CCOC(=O)c1cc2cc(-c3ccn(CC)n3)cn2c(C(C)=O)c1C. The van der Waals surface area contributed by atoms with Crippen LogP contribution in [0.25, 0.3) is 16.8 Å². The van der Waals surface area contributed by atoms with E-state index < -0.39 is 5.97 Å². The third kappa shape index (κ3) is 2.95. The fraction of sp³-hybridized carbons (Fsp3) is 0.316. The van der Waals surface area contributed by atoms with Crippen LogP contribution in [0.5, 0.6) is 0 Å². The molecule has 25 heavy (non-hydrogen) atoms. The summed E-state index contributed by atoms with van der Waals surface area (Å²) in [7, 11) is 0. The molecule has 0 bridgehead atoms. The van der Waals surface area contributed by atoms with Gasteiger partial charge in [0.15, 0.2) is 5.78 Å². The average molecular weight is 339 g/mol. The first kappa shape index (κ1) is 17.0. The van der Waals surface area contributed by atoms with Crippen LogP contribution in [-0.4, -0.2) is 32.5 Å². The van der Waals surface area contributed by atoms with Crippen molar-refractivity contribution in [2.75, 3.05) is 6.61 Å². The second kappa shape index (κ2) is 6.55. The summed E-state index contributed by atoms with van der Waals surface area (Å²) in [5.74, 6) is -0.516. The number of aryl methyl sites for hydroxylation is 1. The lowest BCUT2D eigenvalue weighted by Gasteiger charge is -2.12. The van der Waals surface area contributed by atoms with Crippen LogP contribution in [0, 0.1) is 6.92 Å². The number of nitrogens with zero attached hydrogens (tertiary/aromatic N) is 3. The third-order valence-electron chi connectivity index (χ3n) is 4.23. The van der Waals surface area contributed by atoms with Gasteiger partial charge in [-0.25, -0.2) is 4.79 Å². The molecule has 0 radical (unpaired) electrons. The number of fused-ring (bicyclic) bond motifs is 1. The minimum absolute atomic E-state index is 0.102. The summed E-state index contributed by atoms with van der Waals surface area (Å²) in [6.45, 7) is 8.14. The molecule has 3 heterocycles. The highest BCUT2D eigenvalue weighted by atomic mass is 16.5. The molecule has 0 spiro atoms. The van der Waals surface area contributed by atoms with Crippen molar-refractivity contribution in [2.45, 2.75) is 34.2 Å². The second-order valence-electron chi connectivity index (χ2n) is 5.89. The van der Waals surface area contributed by atoms with Crippen LogP contribution in [0.3, 0.4) is 0 Å². The van der Waals surface area contributed by atoms with E-state index in [0.717, 1.165) is 23.3 Å². The van der Waals surface area contributed by atoms with Crippen LogP contribution in [-0.2, 0) is 11.3 Å². The van der Waals surface area contributed by atoms with Crippen molar-refractivity contribution in [3.05, 3.63) is 47.4 Å². The zero-order valence-electron chi connectivity index (χ0n) is 14.9. The zero-order chi connectivity index (χ0) is 18.1. The van der Waals surface area contributed by atoms with Crippen molar-refractivity contribution >= 4 is 17.3 Å². The number of ketones is 1. The minimum Gasteiger partial charge on any atom is -0.462 e. The van der Waals surface area contributed by atoms with Gasteiger partial charge in [0, 0.05) is 36.9 Å². The van der Waals surface area contributed by atoms with Crippen molar-refractivity contribution in [3.8, 4) is 11.3 Å². The highest BCUT2D eigenvalue weighted by molar-refractivity contribution is 6.01. The lowest BCUT2D eigenvalue weighted by molar-refractivity contribution is 0.0525. The van der Waals surface area contributed by atoms with E-state index in [1.807, 2.05) is 40.5 Å². The number of carbonyl (C=O) groups is 2. The van der Waals surface area contributed by atoms with E-state index in [9.17, 15) is 9.59 Å². The van der Waals surface area contributed by atoms with Crippen LogP contribution in [0.15, 0.2) is 30.6 Å². The Balaban J connectivity index is 2.22. The number of hydrogen-bond donors (Lipinski definition) is 0. The topological polar surface area (TPSA) is 65.6 Å². The molecular formula is C19H21N3O3. The van der Waals surface area contributed by atoms with Gasteiger partial charge in [0.25, 0.3) is 0 Å². The van der Waals surface area contributed by atoms with E-state index in [4.69, 9.17) is 4.74 Å². The first-order valence-electron chi connectivity index (χ1n) is 8.33. The van der Waals surface area contributed by atoms with Crippen LogP contribution in [0.2, 0.25) is 0 Å². The van der Waals surface area contributed by atoms with Crippen LogP contribution < -0.4 is 0 Å². The molecule has 0 saturated carbocycles. The van der Waals surface area contributed by atoms with E-state index in [2.05, 4.69) is 5.10 Å². The molecule has 0 aliphatic heterocycles. The van der Waals surface area contributed by atoms with Crippen LogP contribution in [0.1, 0.15) is 47.2 Å². The Labute approximate surface area is 146 Å². The molecule has 6 heteroatoms. The highest BCUT2D eigenvalue weighted by Gasteiger charge is 2.20. The van der Waals surface area contributed by atoms with Gasteiger partial charge in [0.05, 0.1) is 23.6 Å². The molecule has 0 fully saturated rings. The fourth-order valence-corrected chi connectivity index (χ4v) is 3.04. The molecule has 0 atom stereocenters. The van der Waals surface area contributed by atoms with Crippen molar-refractivity contribution < 1.29 is 14.3 Å². The predicted octanol–water partition coefficient (Wildman–Crippen LogP) is 3.51. The predicted molar refractivity (Wildman–Crippen MR) is 95.0 cm³/mol. The molecule has 0 aliphatic rings. The summed E-state index contributed by atoms with van der Waals surface area (Å²) in [6, 6.07) is 5.63. The van der Waals surface area contributed by atoms with Crippen molar-refractivity contribution in [2.24, 2.45) is 0 Å². The molecule has 6 nitrogen and oxygen atoms in total. The molecule has 130 valence electrons. The van der Waals surface area contributed by atoms with Gasteiger partial charge in [-0.05, 0) is 44.5 Å². The normalized spacial score (nSPS) is 11.0. The van der Waals surface area contributed by atoms with E-state index >= 15 is 0 Å². The Hall–Kier alpha value is -2.89. The molecule has 0 amide bonds. The monoisotopic (exact) mass is 339 g/mol. The van der Waals surface area contributed by atoms with E-state index in [1.165, 1.54) is 6.92 Å². The summed E-state index contributed by atoms with van der Waals surface area (Å²) in [5.41, 5.74) is 4.02. The maximum atomic E-state index is 12.2. The molecule has 0 unspecified atom stereocenters. The average Bonchev–Trinajstić information content (AvgIpc) is 3.20. The Bertz CT molecular complexity index is 966. The first-order chi connectivity index (χ1) is 12.0. The van der Waals surface area contributed by atoms with E-state index in [-0.39, 0.29) is 5.78 Å². The van der Waals surface area contributed by atoms with Gasteiger partial charge in [-0.2, -0.15) is 5.10 Å². The largest absolute Gasteiger partial charge is 0.462 e. The Morgan fingerprint density at radius 2 is 2.00 bits per heavy atom. The Morgan fingerprint density at radius 3 is 2.60 bits per heavy atom. The number of rotatable bonds is 5. The van der Waals surface area contributed by atoms with Gasteiger partial charge in [-0.1, -0.05) is 0 Å². The number of aromatic nitrogens is 3. The fourth-order valence-electron chi connectivity index (χ4n) is 3.04. The first-order valence-corrected chi connectivity index (χ1v) is 8.33. The number of esters is 1. The zero-order valence-corrected chi connectivity index (χ0v) is 14.9. The number of Topliss-reactive ketones (excluding diaryl/α,β-unsaturated/α-hetero) is 1.